The summed E-state index contributed by atoms with van der Waals surface area (Å²) in [6.07, 6.45) is -0.610. The van der Waals surface area contributed by atoms with Crippen LogP contribution in [0.2, 0.25) is 0 Å². The number of nitrogens with one attached hydrogen (secondary N) is 1. The Morgan fingerprint density at radius 2 is 1.91 bits per heavy atom. The summed E-state index contributed by atoms with van der Waals surface area (Å²) in [5, 5.41) is 2.62. The molecule has 0 aliphatic carbocycles. The Labute approximate surface area is 136 Å². The fourth-order valence-electron chi connectivity index (χ4n) is 2.13. The molecule has 1 N–H and O–H groups in total. The first-order valence-corrected chi connectivity index (χ1v) is 7.58. The van der Waals surface area contributed by atoms with E-state index in [1.807, 2.05) is 13.8 Å². The molecule has 1 aromatic rings. The maximum absolute atomic E-state index is 13.6. The summed E-state index contributed by atoms with van der Waals surface area (Å²) in [6, 6.07) is 4.04. The van der Waals surface area contributed by atoms with Gasteiger partial charge in [0.1, 0.15) is 11.4 Å². The average Bonchev–Trinajstić information content (AvgIpc) is 2.39. The molecule has 0 spiro atoms. The number of hydrogen-bond acceptors (Lipinski definition) is 4. The van der Waals surface area contributed by atoms with Crippen LogP contribution in [0.1, 0.15) is 34.6 Å². The van der Waals surface area contributed by atoms with Crippen molar-refractivity contribution in [3.8, 4) is 0 Å². The summed E-state index contributed by atoms with van der Waals surface area (Å²) in [4.78, 5) is 11.9. The van der Waals surface area contributed by atoms with Gasteiger partial charge >= 0.3 is 13.2 Å². The number of carbonyl (C=O) groups excluding carboxylic acids is 1. The van der Waals surface area contributed by atoms with Gasteiger partial charge in [0.05, 0.1) is 0 Å². The molecule has 1 amide bonds. The lowest BCUT2D eigenvalue weighted by atomic mass is 9.75. The second-order valence-electron chi connectivity index (χ2n) is 7.48. The fraction of sp³-hybridized carbons (Fsp3) is 0.562. The van der Waals surface area contributed by atoms with E-state index in [0.29, 0.717) is 24.4 Å². The van der Waals surface area contributed by atoms with Gasteiger partial charge in [0, 0.05) is 29.8 Å². The van der Waals surface area contributed by atoms with Crippen LogP contribution in [-0.2, 0) is 14.0 Å². The van der Waals surface area contributed by atoms with Crippen LogP contribution < -0.4 is 10.8 Å². The number of ether oxygens (including phenoxy) is 1. The van der Waals surface area contributed by atoms with Crippen molar-refractivity contribution in [2.75, 3.05) is 18.5 Å². The molecule has 0 bridgehead atoms. The maximum Gasteiger partial charge on any atom is 0.496 e. The zero-order chi connectivity index (χ0) is 17.3. The molecular weight excluding hydrogens is 300 g/mol. The van der Waals surface area contributed by atoms with Crippen LogP contribution in [0.15, 0.2) is 18.2 Å². The summed E-state index contributed by atoms with van der Waals surface area (Å²) in [7, 11) is -0.719. The molecule has 1 saturated heterocycles. The lowest BCUT2D eigenvalue weighted by molar-refractivity contribution is 0.0343. The minimum absolute atomic E-state index is 0.0947. The molecule has 1 heterocycles. The van der Waals surface area contributed by atoms with Gasteiger partial charge in [-0.2, -0.15) is 0 Å². The Hall–Kier alpha value is -1.60. The van der Waals surface area contributed by atoms with Crippen molar-refractivity contribution in [1.82, 2.24) is 0 Å². The normalized spacial score (nSPS) is 17.7. The third kappa shape index (κ3) is 5.22. The number of amides is 1. The van der Waals surface area contributed by atoms with E-state index >= 15 is 0 Å². The zero-order valence-corrected chi connectivity index (χ0v) is 14.2. The molecule has 1 aromatic carbocycles. The molecule has 0 unspecified atom stereocenters. The highest BCUT2D eigenvalue weighted by atomic mass is 19.1. The van der Waals surface area contributed by atoms with Crippen LogP contribution in [0.3, 0.4) is 0 Å². The number of rotatable bonds is 2. The van der Waals surface area contributed by atoms with Crippen molar-refractivity contribution in [3.05, 3.63) is 24.0 Å². The molecule has 1 aliphatic heterocycles. The van der Waals surface area contributed by atoms with Gasteiger partial charge < -0.3 is 14.0 Å². The third-order valence-electron chi connectivity index (χ3n) is 3.15. The summed E-state index contributed by atoms with van der Waals surface area (Å²) >= 11 is 0. The van der Waals surface area contributed by atoms with E-state index < -0.39 is 24.6 Å². The SMILES string of the molecule is CC1(C)COB(c2cc(F)ccc2NC(=O)OC(C)(C)C)OC1. The van der Waals surface area contributed by atoms with Crippen LogP contribution in [0.4, 0.5) is 14.9 Å². The molecule has 0 saturated carbocycles. The predicted octanol–water partition coefficient (Wildman–Crippen LogP) is 2.94. The van der Waals surface area contributed by atoms with Crippen molar-refractivity contribution in [2.24, 2.45) is 5.41 Å². The predicted molar refractivity (Wildman–Crippen MR) is 87.3 cm³/mol. The van der Waals surface area contributed by atoms with Gasteiger partial charge in [-0.25, -0.2) is 9.18 Å². The Balaban J connectivity index is 2.16. The smallest absolute Gasteiger partial charge is 0.444 e. The second-order valence-corrected chi connectivity index (χ2v) is 7.48. The minimum atomic E-state index is -0.719. The molecule has 0 radical (unpaired) electrons. The van der Waals surface area contributed by atoms with Crippen LogP contribution in [-0.4, -0.2) is 32.0 Å². The standard InChI is InChI=1S/C16H23BFNO4/c1-15(2,3)23-14(20)19-13-7-6-11(18)8-12(13)17-21-9-16(4,5)10-22-17/h6-8H,9-10H2,1-5H3,(H,19,20). The lowest BCUT2D eigenvalue weighted by Crippen LogP contribution is -2.48. The van der Waals surface area contributed by atoms with E-state index in [0.717, 1.165) is 0 Å². The second kappa shape index (κ2) is 6.49. The van der Waals surface area contributed by atoms with E-state index in [4.69, 9.17) is 14.0 Å². The van der Waals surface area contributed by atoms with Gasteiger partial charge in [-0.15, -0.1) is 0 Å². The molecule has 0 aromatic heterocycles. The summed E-state index contributed by atoms with van der Waals surface area (Å²) in [5.74, 6) is -0.424. The first-order chi connectivity index (χ1) is 10.6. The van der Waals surface area contributed by atoms with Gasteiger partial charge in [0.25, 0.3) is 0 Å². The quantitative estimate of drug-likeness (QED) is 0.850. The summed E-state index contributed by atoms with van der Waals surface area (Å²) in [6.45, 7) is 10.3. The number of carbonyl (C=O) groups is 1. The molecular formula is C16H23BFNO4. The topological polar surface area (TPSA) is 56.8 Å². The average molecular weight is 323 g/mol. The van der Waals surface area contributed by atoms with Crippen molar-refractivity contribution in [1.29, 1.82) is 0 Å². The van der Waals surface area contributed by atoms with Crippen molar-refractivity contribution < 1.29 is 23.2 Å². The van der Waals surface area contributed by atoms with Crippen LogP contribution in [0.5, 0.6) is 0 Å². The first kappa shape index (κ1) is 17.8. The van der Waals surface area contributed by atoms with E-state index in [1.165, 1.54) is 18.2 Å². The Morgan fingerprint density at radius 1 is 1.30 bits per heavy atom. The summed E-state index contributed by atoms with van der Waals surface area (Å²) in [5.41, 5.74) is 0.131. The van der Waals surface area contributed by atoms with Gasteiger partial charge in [-0.1, -0.05) is 13.8 Å². The molecule has 126 valence electrons. The van der Waals surface area contributed by atoms with Gasteiger partial charge in [0.15, 0.2) is 0 Å². The first-order valence-electron chi connectivity index (χ1n) is 7.58. The molecule has 1 aliphatic rings. The maximum atomic E-state index is 13.6. The van der Waals surface area contributed by atoms with Gasteiger partial charge in [-0.05, 0) is 39.0 Å². The molecule has 0 atom stereocenters. The van der Waals surface area contributed by atoms with Crippen molar-refractivity contribution in [2.45, 2.75) is 40.2 Å². The van der Waals surface area contributed by atoms with Gasteiger partial charge in [-0.3, -0.25) is 5.32 Å². The van der Waals surface area contributed by atoms with E-state index in [1.54, 1.807) is 20.8 Å². The number of anilines is 1. The molecule has 5 nitrogen and oxygen atoms in total. The highest BCUT2D eigenvalue weighted by molar-refractivity contribution is 6.63. The summed E-state index contributed by atoms with van der Waals surface area (Å²) < 4.78 is 30.2. The van der Waals surface area contributed by atoms with E-state index in [-0.39, 0.29) is 5.41 Å². The van der Waals surface area contributed by atoms with Crippen molar-refractivity contribution >= 4 is 24.4 Å². The number of halogens is 1. The fourth-order valence-corrected chi connectivity index (χ4v) is 2.13. The zero-order valence-electron chi connectivity index (χ0n) is 14.2. The van der Waals surface area contributed by atoms with Crippen LogP contribution in [0, 0.1) is 11.2 Å². The van der Waals surface area contributed by atoms with E-state index in [9.17, 15) is 9.18 Å². The highest BCUT2D eigenvalue weighted by Crippen LogP contribution is 2.23. The Morgan fingerprint density at radius 3 is 2.48 bits per heavy atom. The molecule has 2 rings (SSSR count). The number of hydrogen-bond donors (Lipinski definition) is 1. The van der Waals surface area contributed by atoms with Crippen molar-refractivity contribution in [3.63, 3.8) is 0 Å². The number of benzene rings is 1. The van der Waals surface area contributed by atoms with Crippen LogP contribution >= 0.6 is 0 Å². The minimum Gasteiger partial charge on any atom is -0.444 e. The van der Waals surface area contributed by atoms with Gasteiger partial charge in [0.2, 0.25) is 0 Å². The van der Waals surface area contributed by atoms with E-state index in [2.05, 4.69) is 5.32 Å². The third-order valence-corrected chi connectivity index (χ3v) is 3.15. The Kier molecular flexibility index (Phi) is 5.01. The Bertz CT molecular complexity index is 576. The lowest BCUT2D eigenvalue weighted by Gasteiger charge is -2.33. The molecule has 23 heavy (non-hydrogen) atoms. The molecule has 1 fully saturated rings. The largest absolute Gasteiger partial charge is 0.496 e. The van der Waals surface area contributed by atoms with Crippen LogP contribution in [0.25, 0.3) is 0 Å². The highest BCUT2D eigenvalue weighted by Gasteiger charge is 2.35. The monoisotopic (exact) mass is 323 g/mol. The molecule has 7 heteroatoms.